The molecule has 1 saturated carbocycles. The molecule has 8 heteroatoms. The number of fused-ring (bicyclic) bond motifs is 1. The van der Waals surface area contributed by atoms with Gasteiger partial charge in [-0.15, -0.1) is 0 Å². The zero-order valence-corrected chi connectivity index (χ0v) is 21.2. The highest BCUT2D eigenvalue weighted by atomic mass is 19.1. The number of halogens is 1. The van der Waals surface area contributed by atoms with Gasteiger partial charge in [0.1, 0.15) is 17.3 Å². The predicted molar refractivity (Wildman–Crippen MR) is 134 cm³/mol. The number of aromatic nitrogens is 3. The average molecular weight is 503 g/mol. The molecule has 0 N–H and O–H groups in total. The number of esters is 1. The van der Waals surface area contributed by atoms with E-state index in [2.05, 4.69) is 16.0 Å². The van der Waals surface area contributed by atoms with Gasteiger partial charge in [-0.3, -0.25) is 14.0 Å². The predicted octanol–water partition coefficient (Wildman–Crippen LogP) is 4.91. The Kier molecular flexibility index (Phi) is 6.57. The van der Waals surface area contributed by atoms with Crippen molar-refractivity contribution in [2.45, 2.75) is 76.2 Å². The summed E-state index contributed by atoms with van der Waals surface area (Å²) in [7, 11) is 0. The number of cyclic esters (lactones) is 1. The van der Waals surface area contributed by atoms with E-state index in [-0.39, 0.29) is 24.5 Å². The minimum absolute atomic E-state index is 0.112. The lowest BCUT2D eigenvalue weighted by Gasteiger charge is -2.43. The highest BCUT2D eigenvalue weighted by molar-refractivity contribution is 6.01. The number of ether oxygens (including phenoxy) is 1. The van der Waals surface area contributed by atoms with Crippen LogP contribution >= 0.6 is 0 Å². The summed E-state index contributed by atoms with van der Waals surface area (Å²) in [4.78, 5) is 35.2. The average Bonchev–Trinajstić information content (AvgIpc) is 3.56. The second-order valence-corrected chi connectivity index (χ2v) is 11.0. The van der Waals surface area contributed by atoms with Gasteiger partial charge >= 0.3 is 5.97 Å². The molecule has 0 bridgehead atoms. The van der Waals surface area contributed by atoms with Crippen molar-refractivity contribution >= 4 is 17.5 Å². The van der Waals surface area contributed by atoms with Crippen molar-refractivity contribution in [3.63, 3.8) is 0 Å². The zero-order chi connectivity index (χ0) is 26.2. The monoisotopic (exact) mass is 502 g/mol. The van der Waals surface area contributed by atoms with Crippen LogP contribution in [-0.4, -0.2) is 31.7 Å². The standard InChI is InChI=1S/C29H31FN4O3/c1-28(2,18-31)23-9-8-19(14-24(23)30)10-11-29(20-6-3-4-7-20)16-25(35)22(26(36)37-29)15-21-17-33-27-32-12-5-13-34(21)27/h5,8-9,12-14,17,20,22H,3-4,6-7,10-11,15-16H2,1-2H3. The minimum atomic E-state index is -0.926. The van der Waals surface area contributed by atoms with Crippen LogP contribution in [-0.2, 0) is 32.6 Å². The van der Waals surface area contributed by atoms with Crippen molar-refractivity contribution in [2.75, 3.05) is 0 Å². The maximum Gasteiger partial charge on any atom is 0.317 e. The van der Waals surface area contributed by atoms with Crippen LogP contribution in [0.25, 0.3) is 5.78 Å². The van der Waals surface area contributed by atoms with E-state index >= 15 is 0 Å². The number of hydrogen-bond donors (Lipinski definition) is 0. The summed E-state index contributed by atoms with van der Waals surface area (Å²) in [6, 6.07) is 8.87. The van der Waals surface area contributed by atoms with E-state index in [4.69, 9.17) is 4.74 Å². The number of nitrogens with zero attached hydrogens (tertiary/aromatic N) is 4. The molecule has 7 nitrogen and oxygen atoms in total. The van der Waals surface area contributed by atoms with Crippen LogP contribution in [0.5, 0.6) is 0 Å². The van der Waals surface area contributed by atoms with Crippen molar-refractivity contribution < 1.29 is 18.7 Å². The molecule has 0 spiro atoms. The number of rotatable bonds is 7. The molecule has 1 aliphatic heterocycles. The molecule has 0 radical (unpaired) electrons. The normalized spacial score (nSPS) is 22.8. The molecule has 3 heterocycles. The van der Waals surface area contributed by atoms with E-state index in [0.717, 1.165) is 36.9 Å². The van der Waals surface area contributed by atoms with E-state index < -0.39 is 28.7 Å². The van der Waals surface area contributed by atoms with Crippen LogP contribution in [0, 0.1) is 29.0 Å². The van der Waals surface area contributed by atoms with Gasteiger partial charge in [-0.1, -0.05) is 25.0 Å². The van der Waals surface area contributed by atoms with E-state index in [1.165, 1.54) is 6.07 Å². The number of benzene rings is 1. The van der Waals surface area contributed by atoms with Crippen LogP contribution in [0.4, 0.5) is 4.39 Å². The minimum Gasteiger partial charge on any atom is -0.458 e. The lowest BCUT2D eigenvalue weighted by Crippen LogP contribution is -2.52. The van der Waals surface area contributed by atoms with Gasteiger partial charge in [-0.05, 0) is 63.1 Å². The molecule has 1 saturated heterocycles. The molecule has 2 aromatic heterocycles. The van der Waals surface area contributed by atoms with Crippen molar-refractivity contribution in [3.8, 4) is 6.07 Å². The van der Waals surface area contributed by atoms with Crippen molar-refractivity contribution in [1.29, 1.82) is 5.26 Å². The Morgan fingerprint density at radius 2 is 2.03 bits per heavy atom. The highest BCUT2D eigenvalue weighted by Crippen LogP contribution is 2.45. The van der Waals surface area contributed by atoms with Gasteiger partial charge in [0.05, 0.1) is 17.7 Å². The van der Waals surface area contributed by atoms with Crippen LogP contribution in [0.3, 0.4) is 0 Å². The first-order valence-corrected chi connectivity index (χ1v) is 13.0. The molecule has 37 heavy (non-hydrogen) atoms. The summed E-state index contributed by atoms with van der Waals surface area (Å²) in [5.41, 5.74) is 0.0570. The largest absolute Gasteiger partial charge is 0.458 e. The number of Topliss-reactive ketones (excluding diaryl/α,β-unsaturated/α-hetero) is 1. The maximum absolute atomic E-state index is 14.9. The van der Waals surface area contributed by atoms with E-state index in [1.54, 1.807) is 42.8 Å². The smallest absolute Gasteiger partial charge is 0.317 e. The molecule has 1 aliphatic carbocycles. The highest BCUT2D eigenvalue weighted by Gasteiger charge is 2.51. The molecule has 192 valence electrons. The van der Waals surface area contributed by atoms with Crippen LogP contribution in [0.1, 0.15) is 69.2 Å². The van der Waals surface area contributed by atoms with E-state index in [0.29, 0.717) is 24.2 Å². The van der Waals surface area contributed by atoms with Gasteiger partial charge in [-0.25, -0.2) is 14.4 Å². The Morgan fingerprint density at radius 3 is 2.73 bits per heavy atom. The number of carbonyl (C=O) groups excluding carboxylic acids is 2. The van der Waals surface area contributed by atoms with E-state index in [9.17, 15) is 19.2 Å². The Bertz CT molecular complexity index is 1370. The van der Waals surface area contributed by atoms with Gasteiger partial charge in [0.15, 0.2) is 5.78 Å². The quantitative estimate of drug-likeness (QED) is 0.337. The molecular weight excluding hydrogens is 471 g/mol. The number of ketones is 1. The molecule has 2 unspecified atom stereocenters. The molecule has 2 fully saturated rings. The molecular formula is C29H31FN4O3. The number of carbonyl (C=O) groups is 2. The number of aryl methyl sites for hydroxylation is 1. The third-order valence-corrected chi connectivity index (χ3v) is 8.15. The fourth-order valence-electron chi connectivity index (χ4n) is 5.95. The van der Waals surface area contributed by atoms with Gasteiger partial charge in [0.25, 0.3) is 0 Å². The van der Waals surface area contributed by atoms with Gasteiger partial charge < -0.3 is 4.74 Å². The second kappa shape index (κ2) is 9.70. The Morgan fingerprint density at radius 1 is 1.24 bits per heavy atom. The van der Waals surface area contributed by atoms with Crippen molar-refractivity contribution in [1.82, 2.24) is 14.4 Å². The summed E-state index contributed by atoms with van der Waals surface area (Å²) < 4.78 is 22.8. The fourth-order valence-corrected chi connectivity index (χ4v) is 5.95. The summed E-state index contributed by atoms with van der Waals surface area (Å²) >= 11 is 0. The van der Waals surface area contributed by atoms with Crippen LogP contribution in [0.2, 0.25) is 0 Å². The Balaban J connectivity index is 1.35. The zero-order valence-electron chi connectivity index (χ0n) is 21.2. The molecule has 5 rings (SSSR count). The summed E-state index contributed by atoms with van der Waals surface area (Å²) in [5, 5.41) is 9.37. The molecule has 0 amide bonds. The number of imidazole rings is 1. The lowest BCUT2D eigenvalue weighted by molar-refractivity contribution is -0.185. The van der Waals surface area contributed by atoms with Crippen LogP contribution in [0.15, 0.2) is 42.9 Å². The summed E-state index contributed by atoms with van der Waals surface area (Å²) in [5.74, 6) is -1.26. The third kappa shape index (κ3) is 4.75. The van der Waals surface area contributed by atoms with Crippen molar-refractivity contribution in [2.24, 2.45) is 11.8 Å². The first kappa shape index (κ1) is 25.1. The molecule has 1 aromatic carbocycles. The van der Waals surface area contributed by atoms with Gasteiger partial charge in [0.2, 0.25) is 5.78 Å². The first-order chi connectivity index (χ1) is 17.7. The van der Waals surface area contributed by atoms with Gasteiger partial charge in [-0.2, -0.15) is 5.26 Å². The maximum atomic E-state index is 14.9. The molecule has 2 aliphatic rings. The van der Waals surface area contributed by atoms with Crippen molar-refractivity contribution in [3.05, 3.63) is 65.5 Å². The fraction of sp³-hybridized carbons (Fsp3) is 0.483. The second-order valence-electron chi connectivity index (χ2n) is 11.0. The SMILES string of the molecule is CC(C)(C#N)c1ccc(CCC2(C3CCCC3)CC(=O)C(Cc3cnc4ncccn34)C(=O)O2)cc1F. The summed E-state index contributed by atoms with van der Waals surface area (Å²) in [6.07, 6.45) is 10.3. The third-order valence-electron chi connectivity index (χ3n) is 8.15. The number of nitriles is 1. The van der Waals surface area contributed by atoms with Gasteiger partial charge in [0, 0.05) is 36.5 Å². The molecule has 2 atom stereocenters. The number of hydrogen-bond acceptors (Lipinski definition) is 6. The molecule has 3 aromatic rings. The lowest BCUT2D eigenvalue weighted by atomic mass is 9.73. The van der Waals surface area contributed by atoms with E-state index in [1.807, 2.05) is 12.3 Å². The topological polar surface area (TPSA) is 97.4 Å². The Labute approximate surface area is 215 Å². The Hall–Kier alpha value is -3.60. The first-order valence-electron chi connectivity index (χ1n) is 13.0. The summed E-state index contributed by atoms with van der Waals surface area (Å²) in [6.45, 7) is 3.38. The van der Waals surface area contributed by atoms with Crippen LogP contribution < -0.4 is 0 Å².